The summed E-state index contributed by atoms with van der Waals surface area (Å²) in [6.07, 6.45) is 2.08. The second-order valence-corrected chi connectivity index (χ2v) is 5.54. The number of ether oxygens (including phenoxy) is 1. The third-order valence-corrected chi connectivity index (χ3v) is 3.97. The summed E-state index contributed by atoms with van der Waals surface area (Å²) in [7, 11) is 0. The Kier molecular flexibility index (Phi) is 6.78. The number of para-hydroxylation sites is 1. The van der Waals surface area contributed by atoms with Crippen molar-refractivity contribution in [2.45, 2.75) is 6.42 Å². The van der Waals surface area contributed by atoms with E-state index in [1.165, 1.54) is 6.26 Å². The Morgan fingerprint density at radius 1 is 1.21 bits per heavy atom. The molecule has 3 rings (SSSR count). The normalized spacial score (nSPS) is 15.0. The molecule has 0 saturated carbocycles. The van der Waals surface area contributed by atoms with E-state index in [0.29, 0.717) is 17.5 Å². The molecule has 1 aliphatic rings. The summed E-state index contributed by atoms with van der Waals surface area (Å²) < 4.78 is 10.7. The Morgan fingerprint density at radius 3 is 2.75 bits per heavy atom. The van der Waals surface area contributed by atoms with Crippen molar-refractivity contribution in [1.29, 1.82) is 0 Å². The molecule has 0 bridgehead atoms. The number of hydrogen-bond donors (Lipinski definition) is 1. The monoisotopic (exact) mass is 352 g/mol. The molecule has 0 radical (unpaired) electrons. The molecule has 1 N–H and O–H groups in total. The number of morpholine rings is 1. The molecule has 0 atom stereocenters. The van der Waals surface area contributed by atoms with Crippen LogP contribution < -0.4 is 10.7 Å². The van der Waals surface area contributed by atoms with Crippen LogP contribution in [0, 0.1) is 0 Å². The van der Waals surface area contributed by atoms with Gasteiger partial charge in [-0.2, -0.15) is 0 Å². The lowest BCUT2D eigenvalue weighted by Gasteiger charge is -2.26. The van der Waals surface area contributed by atoms with Gasteiger partial charge in [0.1, 0.15) is 17.4 Å². The zero-order valence-electron chi connectivity index (χ0n) is 13.3. The molecule has 1 aromatic carbocycles. The van der Waals surface area contributed by atoms with Gasteiger partial charge >= 0.3 is 0 Å². The van der Waals surface area contributed by atoms with Crippen LogP contribution in [0.15, 0.2) is 39.7 Å². The number of carbonyl (C=O) groups is 1. The number of amides is 1. The number of rotatable bonds is 5. The number of fused-ring (bicyclic) bond motifs is 1. The molecule has 0 spiro atoms. The van der Waals surface area contributed by atoms with E-state index in [9.17, 15) is 9.59 Å². The maximum atomic E-state index is 12.3. The summed E-state index contributed by atoms with van der Waals surface area (Å²) >= 11 is 0. The van der Waals surface area contributed by atoms with Crippen LogP contribution in [-0.4, -0.2) is 50.2 Å². The third-order valence-electron chi connectivity index (χ3n) is 3.97. The summed E-state index contributed by atoms with van der Waals surface area (Å²) in [6.45, 7) is 4.85. The highest BCUT2D eigenvalue weighted by atomic mass is 35.5. The van der Waals surface area contributed by atoms with Crippen LogP contribution in [0.5, 0.6) is 0 Å². The summed E-state index contributed by atoms with van der Waals surface area (Å²) in [5, 5.41) is 3.21. The Balaban J connectivity index is 0.00000208. The zero-order valence-corrected chi connectivity index (χ0v) is 14.1. The summed E-state index contributed by atoms with van der Waals surface area (Å²) in [6, 6.07) is 6.91. The summed E-state index contributed by atoms with van der Waals surface area (Å²) in [5.74, 6) is -0.383. The average molecular weight is 353 g/mol. The Morgan fingerprint density at radius 2 is 1.96 bits per heavy atom. The van der Waals surface area contributed by atoms with Crippen molar-refractivity contribution >= 4 is 29.3 Å². The molecular formula is C17H21ClN2O4. The smallest absolute Gasteiger partial charge is 0.258 e. The van der Waals surface area contributed by atoms with Crippen LogP contribution in [0.2, 0.25) is 0 Å². The Bertz CT molecular complexity index is 741. The third kappa shape index (κ3) is 4.35. The highest BCUT2D eigenvalue weighted by Gasteiger charge is 2.14. The molecule has 2 heterocycles. The van der Waals surface area contributed by atoms with Crippen molar-refractivity contribution < 1.29 is 13.9 Å². The molecule has 0 unspecified atom stereocenters. The molecule has 1 amide bonds. The molecular weight excluding hydrogens is 332 g/mol. The SMILES string of the molecule is Cl.O=C(NCCCN1CCOCC1)c1coc2ccccc2c1=O. The fourth-order valence-corrected chi connectivity index (χ4v) is 2.66. The molecule has 24 heavy (non-hydrogen) atoms. The van der Waals surface area contributed by atoms with E-state index in [1.807, 2.05) is 0 Å². The maximum absolute atomic E-state index is 12.3. The molecule has 1 aromatic heterocycles. The van der Waals surface area contributed by atoms with Gasteiger partial charge in [-0.25, -0.2) is 0 Å². The van der Waals surface area contributed by atoms with E-state index >= 15 is 0 Å². The number of carbonyl (C=O) groups excluding carboxylic acids is 1. The lowest BCUT2D eigenvalue weighted by Crippen LogP contribution is -2.38. The predicted molar refractivity (Wildman–Crippen MR) is 93.9 cm³/mol. The van der Waals surface area contributed by atoms with Gasteiger partial charge in [-0.1, -0.05) is 12.1 Å². The molecule has 0 aliphatic carbocycles. The van der Waals surface area contributed by atoms with Crippen molar-refractivity contribution in [2.24, 2.45) is 0 Å². The molecule has 6 nitrogen and oxygen atoms in total. The molecule has 1 fully saturated rings. The van der Waals surface area contributed by atoms with Crippen molar-refractivity contribution in [3.8, 4) is 0 Å². The first kappa shape index (κ1) is 18.4. The van der Waals surface area contributed by atoms with Gasteiger partial charge in [0.15, 0.2) is 0 Å². The predicted octanol–water partition coefficient (Wildman–Crippen LogP) is 1.67. The number of benzene rings is 1. The van der Waals surface area contributed by atoms with Crippen molar-refractivity contribution in [3.63, 3.8) is 0 Å². The van der Waals surface area contributed by atoms with Crippen LogP contribution in [0.25, 0.3) is 11.0 Å². The molecule has 7 heteroatoms. The van der Waals surface area contributed by atoms with Crippen molar-refractivity contribution in [1.82, 2.24) is 10.2 Å². The van der Waals surface area contributed by atoms with Crippen molar-refractivity contribution in [3.05, 3.63) is 46.3 Å². The highest BCUT2D eigenvalue weighted by molar-refractivity contribution is 5.96. The largest absolute Gasteiger partial charge is 0.463 e. The van der Waals surface area contributed by atoms with Gasteiger partial charge in [-0.3, -0.25) is 14.5 Å². The molecule has 130 valence electrons. The second kappa shape index (κ2) is 8.82. The van der Waals surface area contributed by atoms with E-state index < -0.39 is 0 Å². The van der Waals surface area contributed by atoms with Gasteiger partial charge < -0.3 is 14.5 Å². The number of nitrogens with zero attached hydrogens (tertiary/aromatic N) is 1. The maximum Gasteiger partial charge on any atom is 0.258 e. The average Bonchev–Trinajstić information content (AvgIpc) is 2.60. The van der Waals surface area contributed by atoms with Crippen LogP contribution in [-0.2, 0) is 4.74 Å². The standard InChI is InChI=1S/C17H20N2O4.ClH/c20-16-13-4-1-2-5-15(13)23-12-14(16)17(21)18-6-3-7-19-8-10-22-11-9-19;/h1-2,4-5,12H,3,6-11H2,(H,18,21);1H. The van der Waals surface area contributed by atoms with Crippen LogP contribution in [0.4, 0.5) is 0 Å². The fourth-order valence-electron chi connectivity index (χ4n) is 2.66. The fraction of sp³-hybridized carbons (Fsp3) is 0.412. The minimum Gasteiger partial charge on any atom is -0.463 e. The molecule has 2 aromatic rings. The number of halogens is 1. The quantitative estimate of drug-likeness (QED) is 0.829. The van der Waals surface area contributed by atoms with Gasteiger partial charge in [-0.15, -0.1) is 12.4 Å². The van der Waals surface area contributed by atoms with Gasteiger partial charge in [-0.05, 0) is 25.1 Å². The minimum atomic E-state index is -0.383. The Labute approximate surface area is 146 Å². The van der Waals surface area contributed by atoms with Crippen LogP contribution in [0.1, 0.15) is 16.8 Å². The molecule has 1 aliphatic heterocycles. The second-order valence-electron chi connectivity index (χ2n) is 5.54. The lowest BCUT2D eigenvalue weighted by molar-refractivity contribution is 0.0374. The van der Waals surface area contributed by atoms with Crippen LogP contribution in [0.3, 0.4) is 0 Å². The topological polar surface area (TPSA) is 71.8 Å². The first-order valence-corrected chi connectivity index (χ1v) is 7.84. The van der Waals surface area contributed by atoms with Gasteiger partial charge in [0, 0.05) is 19.6 Å². The first-order chi connectivity index (χ1) is 11.3. The van der Waals surface area contributed by atoms with E-state index in [-0.39, 0.29) is 29.3 Å². The van der Waals surface area contributed by atoms with E-state index in [1.54, 1.807) is 24.3 Å². The zero-order chi connectivity index (χ0) is 16.1. The van der Waals surface area contributed by atoms with Crippen molar-refractivity contribution in [2.75, 3.05) is 39.4 Å². The molecule has 1 saturated heterocycles. The first-order valence-electron chi connectivity index (χ1n) is 7.84. The number of nitrogens with one attached hydrogen (secondary N) is 1. The summed E-state index contributed by atoms with van der Waals surface area (Å²) in [5.41, 5.74) is 0.244. The summed E-state index contributed by atoms with van der Waals surface area (Å²) in [4.78, 5) is 26.8. The van der Waals surface area contributed by atoms with Gasteiger partial charge in [0.2, 0.25) is 5.43 Å². The minimum absolute atomic E-state index is 0. The highest BCUT2D eigenvalue weighted by Crippen LogP contribution is 2.10. The Hall–Kier alpha value is -1.89. The van der Waals surface area contributed by atoms with Gasteiger partial charge in [0.25, 0.3) is 5.91 Å². The van der Waals surface area contributed by atoms with E-state index in [2.05, 4.69) is 10.2 Å². The lowest BCUT2D eigenvalue weighted by atomic mass is 10.1. The number of hydrogen-bond acceptors (Lipinski definition) is 5. The van der Waals surface area contributed by atoms with E-state index in [0.717, 1.165) is 39.3 Å². The van der Waals surface area contributed by atoms with Gasteiger partial charge in [0.05, 0.1) is 18.6 Å². The van der Waals surface area contributed by atoms with E-state index in [4.69, 9.17) is 9.15 Å². The van der Waals surface area contributed by atoms with Crippen LogP contribution >= 0.6 is 12.4 Å².